The molecule has 3 nitrogen and oxygen atoms in total. The minimum atomic E-state index is -1.07. The second-order valence-corrected chi connectivity index (χ2v) is 4.86. The Balaban J connectivity index is 2.52. The molecule has 0 amide bonds. The molecule has 0 bridgehead atoms. The van der Waals surface area contributed by atoms with Crippen LogP contribution in [0.15, 0.2) is 0 Å². The smallest absolute Gasteiger partial charge is 0.155 e. The summed E-state index contributed by atoms with van der Waals surface area (Å²) in [7, 11) is 0. The lowest BCUT2D eigenvalue weighted by Crippen LogP contribution is -2.37. The van der Waals surface area contributed by atoms with Crippen LogP contribution in [0.4, 0.5) is 4.39 Å². The van der Waals surface area contributed by atoms with Crippen molar-refractivity contribution in [3.8, 4) is 0 Å². The molecule has 1 heterocycles. The molecule has 0 radical (unpaired) electrons. The zero-order valence-electron chi connectivity index (χ0n) is 10.8. The van der Waals surface area contributed by atoms with Crippen molar-refractivity contribution in [2.45, 2.75) is 71.3 Å². The molecule has 0 aromatic rings. The van der Waals surface area contributed by atoms with Crippen LogP contribution in [-0.4, -0.2) is 43.3 Å². The first kappa shape index (κ1) is 13.9. The largest absolute Gasteiger partial charge is 0.376 e. The van der Waals surface area contributed by atoms with Crippen LogP contribution >= 0.6 is 0 Å². The Hall–Kier alpha value is -0.190. The van der Waals surface area contributed by atoms with Gasteiger partial charge in [0.25, 0.3) is 0 Å². The van der Waals surface area contributed by atoms with Crippen molar-refractivity contribution in [1.82, 2.24) is 0 Å². The Morgan fingerprint density at radius 3 is 2.31 bits per heavy atom. The topological polar surface area (TPSA) is 27.7 Å². The number of rotatable bonds is 5. The zero-order valence-corrected chi connectivity index (χ0v) is 10.8. The van der Waals surface area contributed by atoms with Crippen molar-refractivity contribution >= 4 is 0 Å². The molecule has 1 rings (SSSR count). The summed E-state index contributed by atoms with van der Waals surface area (Å²) in [4.78, 5) is 0. The van der Waals surface area contributed by atoms with E-state index < -0.39 is 18.4 Å². The van der Waals surface area contributed by atoms with Crippen molar-refractivity contribution in [2.75, 3.05) is 6.61 Å². The molecule has 0 spiro atoms. The van der Waals surface area contributed by atoms with E-state index in [9.17, 15) is 4.39 Å². The monoisotopic (exact) mass is 234 g/mol. The molecule has 1 aliphatic heterocycles. The fourth-order valence-electron chi connectivity index (χ4n) is 1.80. The molecule has 0 saturated carbocycles. The first-order valence-corrected chi connectivity index (χ1v) is 5.98. The minimum absolute atomic E-state index is 0.00120. The normalized spacial score (nSPS) is 35.2. The second-order valence-electron chi connectivity index (χ2n) is 4.86. The van der Waals surface area contributed by atoms with Crippen LogP contribution in [0, 0.1) is 0 Å². The van der Waals surface area contributed by atoms with Gasteiger partial charge in [-0.3, -0.25) is 0 Å². The first-order valence-electron chi connectivity index (χ1n) is 5.98. The minimum Gasteiger partial charge on any atom is -0.376 e. The summed E-state index contributed by atoms with van der Waals surface area (Å²) in [6, 6.07) is 0. The molecule has 4 atom stereocenters. The van der Waals surface area contributed by atoms with Crippen molar-refractivity contribution < 1.29 is 18.6 Å². The highest BCUT2D eigenvalue weighted by Crippen LogP contribution is 2.27. The number of alkyl halides is 1. The number of hydrogen-bond acceptors (Lipinski definition) is 3. The van der Waals surface area contributed by atoms with E-state index in [0.717, 1.165) is 0 Å². The maximum absolute atomic E-state index is 13.8. The first-order chi connectivity index (χ1) is 7.41. The van der Waals surface area contributed by atoms with Crippen LogP contribution in [0.25, 0.3) is 0 Å². The molecule has 16 heavy (non-hydrogen) atoms. The van der Waals surface area contributed by atoms with Crippen LogP contribution in [0.5, 0.6) is 0 Å². The summed E-state index contributed by atoms with van der Waals surface area (Å²) in [6.45, 7) is 9.82. The maximum Gasteiger partial charge on any atom is 0.155 e. The average molecular weight is 234 g/mol. The van der Waals surface area contributed by atoms with E-state index in [2.05, 4.69) is 0 Å². The van der Waals surface area contributed by atoms with Gasteiger partial charge in [0.15, 0.2) is 6.17 Å². The van der Waals surface area contributed by atoms with Gasteiger partial charge in [0, 0.05) is 0 Å². The fraction of sp³-hybridized carbons (Fsp3) is 1.00. The maximum atomic E-state index is 13.8. The zero-order chi connectivity index (χ0) is 12.3. The molecule has 4 heteroatoms. The summed E-state index contributed by atoms with van der Waals surface area (Å²) in [5.41, 5.74) is 0. The van der Waals surface area contributed by atoms with Crippen molar-refractivity contribution in [3.05, 3.63) is 0 Å². The molecule has 96 valence electrons. The third-order valence-corrected chi connectivity index (χ3v) is 2.54. The lowest BCUT2D eigenvalue weighted by atomic mass is 10.1. The van der Waals surface area contributed by atoms with Gasteiger partial charge in [-0.1, -0.05) is 0 Å². The lowest BCUT2D eigenvalue weighted by Gasteiger charge is -2.22. The van der Waals surface area contributed by atoms with Crippen molar-refractivity contribution in [1.29, 1.82) is 0 Å². The highest BCUT2D eigenvalue weighted by atomic mass is 19.1. The van der Waals surface area contributed by atoms with Crippen molar-refractivity contribution in [3.63, 3.8) is 0 Å². The van der Waals surface area contributed by atoms with Gasteiger partial charge >= 0.3 is 0 Å². The molecular weight excluding hydrogens is 211 g/mol. The number of hydrogen-bond donors (Lipinski definition) is 0. The summed E-state index contributed by atoms with van der Waals surface area (Å²) >= 11 is 0. The molecule has 0 aromatic heterocycles. The quantitative estimate of drug-likeness (QED) is 0.730. The van der Waals surface area contributed by atoms with Gasteiger partial charge in [-0.05, 0) is 34.6 Å². The van der Waals surface area contributed by atoms with Gasteiger partial charge in [0.2, 0.25) is 0 Å². The predicted octanol–water partition coefficient (Wildman–Crippen LogP) is 2.33. The van der Waals surface area contributed by atoms with E-state index in [1.807, 2.05) is 27.7 Å². The van der Waals surface area contributed by atoms with Crippen LogP contribution in [-0.2, 0) is 14.2 Å². The number of halogens is 1. The van der Waals surface area contributed by atoms with Gasteiger partial charge in [0.05, 0.1) is 24.9 Å². The Morgan fingerprint density at radius 2 is 1.81 bits per heavy atom. The molecule has 1 aliphatic rings. The molecule has 0 aromatic carbocycles. The summed E-state index contributed by atoms with van der Waals surface area (Å²) < 4.78 is 30.3. The average Bonchev–Trinajstić information content (AvgIpc) is 2.42. The predicted molar refractivity (Wildman–Crippen MR) is 60.3 cm³/mol. The van der Waals surface area contributed by atoms with Gasteiger partial charge in [-0.2, -0.15) is 0 Å². The summed E-state index contributed by atoms with van der Waals surface area (Å²) in [6.07, 6.45) is -2.16. The van der Waals surface area contributed by atoms with E-state index in [1.54, 1.807) is 6.92 Å². The highest BCUT2D eigenvalue weighted by Gasteiger charge is 2.44. The second kappa shape index (κ2) is 5.94. The Labute approximate surface area is 97.3 Å². The summed E-state index contributed by atoms with van der Waals surface area (Å²) in [5, 5.41) is 0. The fourth-order valence-corrected chi connectivity index (χ4v) is 1.80. The number of ether oxygens (including phenoxy) is 3. The Morgan fingerprint density at radius 1 is 1.19 bits per heavy atom. The molecular formula is C12H23FO3. The van der Waals surface area contributed by atoms with Gasteiger partial charge in [0.1, 0.15) is 12.2 Å². The van der Waals surface area contributed by atoms with E-state index in [0.29, 0.717) is 6.61 Å². The van der Waals surface area contributed by atoms with Gasteiger partial charge in [-0.15, -0.1) is 0 Å². The van der Waals surface area contributed by atoms with Crippen LogP contribution in [0.2, 0.25) is 0 Å². The lowest BCUT2D eigenvalue weighted by molar-refractivity contribution is -0.0892. The van der Waals surface area contributed by atoms with E-state index in [-0.39, 0.29) is 18.3 Å². The third kappa shape index (κ3) is 3.68. The molecule has 1 unspecified atom stereocenters. The van der Waals surface area contributed by atoms with Crippen LogP contribution < -0.4 is 0 Å². The Bertz CT molecular complexity index is 208. The van der Waals surface area contributed by atoms with E-state index in [4.69, 9.17) is 14.2 Å². The molecule has 1 fully saturated rings. The third-order valence-electron chi connectivity index (χ3n) is 2.54. The van der Waals surface area contributed by atoms with Crippen LogP contribution in [0.1, 0.15) is 34.6 Å². The SMILES string of the molecule is CC(C)OC[C@H]1O[C@@H](C)C(F)[C@H]1OC(C)C. The highest BCUT2D eigenvalue weighted by molar-refractivity contribution is 4.90. The standard InChI is InChI=1S/C12H23FO3/c1-7(2)14-6-10-12(15-8(3)4)11(13)9(5)16-10/h7-12H,6H2,1-5H3/t9-,10+,11?,12-/m0/s1. The van der Waals surface area contributed by atoms with Crippen molar-refractivity contribution in [2.24, 2.45) is 0 Å². The molecule has 1 saturated heterocycles. The van der Waals surface area contributed by atoms with Gasteiger partial charge < -0.3 is 14.2 Å². The van der Waals surface area contributed by atoms with Crippen LogP contribution in [0.3, 0.4) is 0 Å². The molecule has 0 N–H and O–H groups in total. The molecule has 0 aliphatic carbocycles. The summed E-state index contributed by atoms with van der Waals surface area (Å²) in [5.74, 6) is 0. The van der Waals surface area contributed by atoms with E-state index in [1.165, 1.54) is 0 Å². The van der Waals surface area contributed by atoms with E-state index >= 15 is 0 Å². The Kier molecular flexibility index (Phi) is 5.15. The van der Waals surface area contributed by atoms with Gasteiger partial charge in [-0.25, -0.2) is 4.39 Å².